The molecule has 0 N–H and O–H groups in total. The maximum absolute atomic E-state index is 3.54. The maximum Gasteiger partial charge on any atom is 0.00395 e. The first kappa shape index (κ1) is 11.7. The van der Waals surface area contributed by atoms with Crippen molar-refractivity contribution in [2.75, 3.05) is 5.33 Å². The van der Waals surface area contributed by atoms with Crippen molar-refractivity contribution >= 4 is 21.5 Å². The van der Waals surface area contributed by atoms with Crippen LogP contribution in [0.2, 0.25) is 0 Å². The van der Waals surface area contributed by atoms with Crippen LogP contribution in [0.4, 0.5) is 0 Å². The van der Waals surface area contributed by atoms with Crippen LogP contribution in [0, 0.1) is 5.41 Å². The Morgan fingerprint density at radius 1 is 1.25 bits per heavy atom. The molecular weight excluding hydrogens is 260 g/mol. The summed E-state index contributed by atoms with van der Waals surface area (Å²) >= 11 is 3.54. The van der Waals surface area contributed by atoms with Crippen molar-refractivity contribution in [2.24, 2.45) is 5.41 Å². The Balaban J connectivity index is 2.20. The predicted octanol–water partition coefficient (Wildman–Crippen LogP) is 4.82. The molecule has 0 aliphatic heterocycles. The van der Waals surface area contributed by atoms with Gasteiger partial charge >= 0.3 is 0 Å². The Kier molecular flexibility index (Phi) is 3.65. The normalized spacial score (nSPS) is 24.2. The summed E-state index contributed by atoms with van der Waals surface area (Å²) in [6.45, 7) is 2.33. The highest BCUT2D eigenvalue weighted by atomic mass is 79.9. The molecule has 1 aliphatic rings. The molecule has 0 nitrogen and oxygen atoms in total. The number of rotatable bonds is 3. The fourth-order valence-corrected chi connectivity index (χ4v) is 3.09. The molecule has 2 rings (SSSR count). The van der Waals surface area contributed by atoms with E-state index in [1.807, 2.05) is 0 Å². The second-order valence-corrected chi connectivity index (χ2v) is 5.48. The molecular formula is C15H17Br. The number of allylic oxidation sites excluding steroid dienone is 4. The Morgan fingerprint density at radius 2 is 2.00 bits per heavy atom. The summed E-state index contributed by atoms with van der Waals surface area (Å²) in [5, 5.41) is 1.07. The van der Waals surface area contributed by atoms with Gasteiger partial charge in [0.2, 0.25) is 0 Å². The van der Waals surface area contributed by atoms with Crippen LogP contribution in [0.3, 0.4) is 0 Å². The fraction of sp³-hybridized carbons (Fsp3) is 0.333. The molecule has 1 aromatic rings. The van der Waals surface area contributed by atoms with Gasteiger partial charge < -0.3 is 0 Å². The van der Waals surface area contributed by atoms with Gasteiger partial charge in [-0.25, -0.2) is 0 Å². The predicted molar refractivity (Wildman–Crippen MR) is 74.7 cm³/mol. The molecule has 0 fully saturated rings. The summed E-state index contributed by atoms with van der Waals surface area (Å²) in [5.41, 5.74) is 3.11. The lowest BCUT2D eigenvalue weighted by Gasteiger charge is -2.29. The molecule has 84 valence electrons. The Hall–Kier alpha value is -0.820. The second-order valence-electron chi connectivity index (χ2n) is 4.69. The van der Waals surface area contributed by atoms with Gasteiger partial charge in [0.25, 0.3) is 0 Å². The third kappa shape index (κ3) is 2.65. The van der Waals surface area contributed by atoms with Crippen molar-refractivity contribution in [3.63, 3.8) is 0 Å². The summed E-state index contributed by atoms with van der Waals surface area (Å²) in [6, 6.07) is 10.7. The summed E-state index contributed by atoms with van der Waals surface area (Å²) in [7, 11) is 0. The molecule has 0 heterocycles. The zero-order valence-corrected chi connectivity index (χ0v) is 11.2. The van der Waals surface area contributed by atoms with Crippen LogP contribution in [-0.2, 0) is 0 Å². The average Bonchev–Trinajstić information content (AvgIpc) is 2.30. The van der Waals surface area contributed by atoms with Crippen molar-refractivity contribution in [2.45, 2.75) is 19.8 Å². The van der Waals surface area contributed by atoms with Crippen LogP contribution in [0.1, 0.15) is 25.3 Å². The van der Waals surface area contributed by atoms with Gasteiger partial charge in [0.1, 0.15) is 0 Å². The maximum atomic E-state index is 3.54. The molecule has 0 amide bonds. The van der Waals surface area contributed by atoms with Crippen molar-refractivity contribution in [3.05, 3.63) is 54.1 Å². The molecule has 0 aromatic heterocycles. The van der Waals surface area contributed by atoms with Crippen molar-refractivity contribution in [1.29, 1.82) is 0 Å². The molecule has 0 spiro atoms. The highest BCUT2D eigenvalue weighted by Gasteiger charge is 2.24. The molecule has 1 atom stereocenters. The van der Waals surface area contributed by atoms with E-state index in [2.05, 4.69) is 71.4 Å². The largest absolute Gasteiger partial charge is 0.0928 e. The molecule has 1 unspecified atom stereocenters. The summed E-state index contributed by atoms with van der Waals surface area (Å²) in [4.78, 5) is 0. The third-order valence-electron chi connectivity index (χ3n) is 3.20. The number of benzene rings is 1. The van der Waals surface area contributed by atoms with E-state index >= 15 is 0 Å². The minimum atomic E-state index is 0.309. The van der Waals surface area contributed by atoms with Crippen molar-refractivity contribution < 1.29 is 0 Å². The van der Waals surface area contributed by atoms with Gasteiger partial charge in [-0.05, 0) is 29.4 Å². The zero-order chi connectivity index (χ0) is 11.4. The lowest BCUT2D eigenvalue weighted by atomic mass is 9.76. The zero-order valence-electron chi connectivity index (χ0n) is 9.62. The SMILES string of the molecule is CC1(CCBr)C=CC=C(c2ccccc2)C1. The van der Waals surface area contributed by atoms with Crippen LogP contribution in [-0.4, -0.2) is 5.33 Å². The number of alkyl halides is 1. The van der Waals surface area contributed by atoms with Crippen molar-refractivity contribution in [1.82, 2.24) is 0 Å². The Labute approximate surface area is 106 Å². The van der Waals surface area contributed by atoms with Crippen LogP contribution in [0.5, 0.6) is 0 Å². The quantitative estimate of drug-likeness (QED) is 0.695. The first-order valence-electron chi connectivity index (χ1n) is 5.73. The minimum absolute atomic E-state index is 0.309. The molecule has 1 aliphatic carbocycles. The van der Waals surface area contributed by atoms with Crippen LogP contribution in [0.15, 0.2) is 48.6 Å². The smallest absolute Gasteiger partial charge is 0.00395 e. The number of hydrogen-bond acceptors (Lipinski definition) is 0. The molecule has 0 saturated heterocycles. The van der Waals surface area contributed by atoms with Crippen molar-refractivity contribution in [3.8, 4) is 0 Å². The first-order valence-corrected chi connectivity index (χ1v) is 6.85. The number of halogens is 1. The molecule has 1 heteroatoms. The standard InChI is InChI=1S/C15H17Br/c1-15(10-11-16)9-5-8-14(12-15)13-6-3-2-4-7-13/h2-9H,10-12H2,1H3. The topological polar surface area (TPSA) is 0 Å². The van der Waals surface area contributed by atoms with E-state index in [-0.39, 0.29) is 0 Å². The van der Waals surface area contributed by atoms with E-state index in [0.717, 1.165) is 11.8 Å². The summed E-state index contributed by atoms with van der Waals surface area (Å²) in [6.07, 6.45) is 9.10. The number of hydrogen-bond donors (Lipinski definition) is 0. The monoisotopic (exact) mass is 276 g/mol. The lowest BCUT2D eigenvalue weighted by molar-refractivity contribution is 0.425. The first-order chi connectivity index (χ1) is 7.73. The fourth-order valence-electron chi connectivity index (χ4n) is 2.19. The van der Waals surface area contributed by atoms with Gasteiger partial charge in [0.15, 0.2) is 0 Å². The van der Waals surface area contributed by atoms with Gasteiger partial charge in [-0.1, -0.05) is 71.4 Å². The Bertz CT molecular complexity index is 403. The molecule has 0 saturated carbocycles. The second kappa shape index (κ2) is 5.01. The molecule has 1 aromatic carbocycles. The van der Waals surface area contributed by atoms with Gasteiger partial charge in [-0.3, -0.25) is 0 Å². The minimum Gasteiger partial charge on any atom is -0.0928 e. The lowest BCUT2D eigenvalue weighted by Crippen LogP contribution is -2.16. The van der Waals surface area contributed by atoms with E-state index in [1.54, 1.807) is 0 Å². The van der Waals surface area contributed by atoms with E-state index in [1.165, 1.54) is 17.6 Å². The summed E-state index contributed by atoms with van der Waals surface area (Å²) in [5.74, 6) is 0. The third-order valence-corrected chi connectivity index (χ3v) is 3.60. The highest BCUT2D eigenvalue weighted by Crippen LogP contribution is 2.38. The van der Waals surface area contributed by atoms with E-state index in [4.69, 9.17) is 0 Å². The van der Waals surface area contributed by atoms with Gasteiger partial charge in [0, 0.05) is 5.33 Å². The van der Waals surface area contributed by atoms with E-state index < -0.39 is 0 Å². The molecule has 0 radical (unpaired) electrons. The van der Waals surface area contributed by atoms with Gasteiger partial charge in [-0.2, -0.15) is 0 Å². The van der Waals surface area contributed by atoms with Gasteiger partial charge in [0.05, 0.1) is 0 Å². The van der Waals surface area contributed by atoms with E-state index in [9.17, 15) is 0 Å². The summed E-state index contributed by atoms with van der Waals surface area (Å²) < 4.78 is 0. The van der Waals surface area contributed by atoms with Crippen LogP contribution >= 0.6 is 15.9 Å². The van der Waals surface area contributed by atoms with Crippen LogP contribution in [0.25, 0.3) is 5.57 Å². The molecule has 0 bridgehead atoms. The van der Waals surface area contributed by atoms with Gasteiger partial charge in [-0.15, -0.1) is 0 Å². The highest BCUT2D eigenvalue weighted by molar-refractivity contribution is 9.09. The average molecular weight is 277 g/mol. The van der Waals surface area contributed by atoms with Crippen LogP contribution < -0.4 is 0 Å². The molecule has 16 heavy (non-hydrogen) atoms. The Morgan fingerprint density at radius 3 is 2.69 bits per heavy atom. The van der Waals surface area contributed by atoms with E-state index in [0.29, 0.717) is 5.41 Å².